The summed E-state index contributed by atoms with van der Waals surface area (Å²) in [4.78, 5) is 20.5. The number of carbonyl (C=O) groups is 1. The number of anilines is 1. The van der Waals surface area contributed by atoms with Crippen molar-refractivity contribution in [3.8, 4) is 0 Å². The van der Waals surface area contributed by atoms with Crippen molar-refractivity contribution in [3.05, 3.63) is 40.7 Å². The van der Waals surface area contributed by atoms with Crippen LogP contribution in [-0.4, -0.2) is 20.4 Å². The van der Waals surface area contributed by atoms with Gasteiger partial charge in [0.25, 0.3) is 5.91 Å². The fraction of sp³-hybridized carbons (Fsp3) is 0.0833. The molecule has 0 radical (unpaired) electrons. The summed E-state index contributed by atoms with van der Waals surface area (Å²) in [5.74, 6) is 0.342. The molecule has 0 aliphatic rings. The highest BCUT2D eigenvalue weighted by Gasteiger charge is 2.12. The third kappa shape index (κ3) is 1.76. The van der Waals surface area contributed by atoms with Crippen LogP contribution in [-0.2, 0) is 7.05 Å². The van der Waals surface area contributed by atoms with E-state index in [0.29, 0.717) is 11.5 Å². The average molecular weight is 258 g/mol. The lowest BCUT2D eigenvalue weighted by Crippen LogP contribution is -2.14. The summed E-state index contributed by atoms with van der Waals surface area (Å²) in [6.07, 6.45) is 1.70. The number of hydrogen-bond donors (Lipinski definition) is 1. The Morgan fingerprint density at radius 2 is 2.33 bits per heavy atom. The minimum atomic E-state index is -0.158. The zero-order chi connectivity index (χ0) is 12.5. The Morgan fingerprint density at radius 3 is 3.06 bits per heavy atom. The van der Waals surface area contributed by atoms with Crippen molar-refractivity contribution < 1.29 is 4.79 Å². The topological polar surface area (TPSA) is 59.8 Å². The predicted octanol–water partition coefficient (Wildman–Crippen LogP) is 2.28. The largest absolute Gasteiger partial charge is 0.298 e. The van der Waals surface area contributed by atoms with Crippen LogP contribution < -0.4 is 5.32 Å². The molecule has 0 bridgehead atoms. The van der Waals surface area contributed by atoms with Crippen LogP contribution in [0.2, 0.25) is 0 Å². The van der Waals surface area contributed by atoms with Crippen LogP contribution in [0.1, 0.15) is 10.4 Å². The summed E-state index contributed by atoms with van der Waals surface area (Å²) in [6.45, 7) is 0. The molecule has 0 fully saturated rings. The summed E-state index contributed by atoms with van der Waals surface area (Å²) in [7, 11) is 1.82. The third-order valence-electron chi connectivity index (χ3n) is 2.64. The number of carbonyl (C=O) groups excluding carboxylic acids is 1. The van der Waals surface area contributed by atoms with Crippen molar-refractivity contribution in [2.45, 2.75) is 0 Å². The molecule has 0 aliphatic carbocycles. The molecule has 0 atom stereocenters. The summed E-state index contributed by atoms with van der Waals surface area (Å²) < 4.78 is 1.76. The highest BCUT2D eigenvalue weighted by molar-refractivity contribution is 7.08. The molecule has 0 unspecified atom stereocenters. The molecular weight excluding hydrogens is 248 g/mol. The molecule has 0 saturated heterocycles. The predicted molar refractivity (Wildman–Crippen MR) is 70.8 cm³/mol. The van der Waals surface area contributed by atoms with Gasteiger partial charge in [0.05, 0.1) is 5.56 Å². The lowest BCUT2D eigenvalue weighted by Gasteiger charge is -2.02. The first-order valence-corrected chi connectivity index (χ1v) is 6.31. The quantitative estimate of drug-likeness (QED) is 0.767. The molecular formula is C12H10N4OS. The standard InChI is InChI=1S/C12H10N4OS/c1-16-10-9(3-2-5-13-10)14-12(16)15-11(17)8-4-6-18-7-8/h2-7H,1H3,(H,14,15,17). The van der Waals surface area contributed by atoms with E-state index in [9.17, 15) is 4.79 Å². The molecule has 1 amide bonds. The zero-order valence-corrected chi connectivity index (χ0v) is 10.4. The van der Waals surface area contributed by atoms with Crippen LogP contribution >= 0.6 is 11.3 Å². The monoisotopic (exact) mass is 258 g/mol. The van der Waals surface area contributed by atoms with Crippen molar-refractivity contribution in [2.24, 2.45) is 7.05 Å². The summed E-state index contributed by atoms with van der Waals surface area (Å²) in [5, 5.41) is 6.45. The molecule has 6 heteroatoms. The second-order valence-electron chi connectivity index (χ2n) is 3.81. The first-order valence-electron chi connectivity index (χ1n) is 5.37. The van der Waals surface area contributed by atoms with Crippen LogP contribution in [0.25, 0.3) is 11.2 Å². The maximum absolute atomic E-state index is 11.9. The van der Waals surface area contributed by atoms with Gasteiger partial charge in [-0.3, -0.25) is 14.7 Å². The average Bonchev–Trinajstić information content (AvgIpc) is 3.00. The number of thiophene rings is 1. The summed E-state index contributed by atoms with van der Waals surface area (Å²) in [6, 6.07) is 5.46. The normalized spacial score (nSPS) is 10.7. The first kappa shape index (κ1) is 10.9. The lowest BCUT2D eigenvalue weighted by molar-refractivity contribution is 0.102. The van der Waals surface area contributed by atoms with Gasteiger partial charge < -0.3 is 0 Å². The van der Waals surface area contributed by atoms with E-state index in [0.717, 1.165) is 11.2 Å². The number of hydrogen-bond acceptors (Lipinski definition) is 4. The van der Waals surface area contributed by atoms with Gasteiger partial charge in [-0.15, -0.1) is 0 Å². The number of amides is 1. The Bertz CT molecular complexity index is 702. The highest BCUT2D eigenvalue weighted by atomic mass is 32.1. The lowest BCUT2D eigenvalue weighted by atomic mass is 10.3. The molecule has 90 valence electrons. The van der Waals surface area contributed by atoms with Gasteiger partial charge in [-0.25, -0.2) is 9.97 Å². The number of nitrogens with zero attached hydrogens (tertiary/aromatic N) is 3. The second-order valence-corrected chi connectivity index (χ2v) is 4.59. The zero-order valence-electron chi connectivity index (χ0n) is 9.62. The number of pyridine rings is 1. The first-order chi connectivity index (χ1) is 8.75. The van der Waals surface area contributed by atoms with Gasteiger partial charge in [0.2, 0.25) is 5.95 Å². The fourth-order valence-corrected chi connectivity index (χ4v) is 2.34. The van der Waals surface area contributed by atoms with Crippen LogP contribution in [0.3, 0.4) is 0 Å². The third-order valence-corrected chi connectivity index (χ3v) is 3.32. The van der Waals surface area contributed by atoms with Crippen LogP contribution in [0, 0.1) is 0 Å². The maximum atomic E-state index is 11.9. The minimum Gasteiger partial charge on any atom is -0.298 e. The van der Waals surface area contributed by atoms with Gasteiger partial charge in [0.1, 0.15) is 5.52 Å². The van der Waals surface area contributed by atoms with Crippen molar-refractivity contribution >= 4 is 34.4 Å². The molecule has 0 aromatic carbocycles. The minimum absolute atomic E-state index is 0.158. The van der Waals surface area contributed by atoms with E-state index in [4.69, 9.17) is 0 Å². The van der Waals surface area contributed by atoms with Gasteiger partial charge in [-0.2, -0.15) is 11.3 Å². The fourth-order valence-electron chi connectivity index (χ4n) is 1.70. The van der Waals surface area contributed by atoms with Gasteiger partial charge in [0.15, 0.2) is 5.65 Å². The molecule has 5 nitrogen and oxygen atoms in total. The maximum Gasteiger partial charge on any atom is 0.258 e. The molecule has 1 N–H and O–H groups in total. The van der Waals surface area contributed by atoms with E-state index in [1.54, 1.807) is 22.2 Å². The van der Waals surface area contributed by atoms with Crippen LogP contribution in [0.15, 0.2) is 35.2 Å². The van der Waals surface area contributed by atoms with Crippen LogP contribution in [0.5, 0.6) is 0 Å². The SMILES string of the molecule is Cn1c(NC(=O)c2ccsc2)nc2cccnc21. The number of fused-ring (bicyclic) bond motifs is 1. The summed E-state index contributed by atoms with van der Waals surface area (Å²) >= 11 is 1.49. The molecule has 0 spiro atoms. The molecule has 3 heterocycles. The number of aryl methyl sites for hydroxylation is 1. The number of imidazole rings is 1. The highest BCUT2D eigenvalue weighted by Crippen LogP contribution is 2.16. The van der Waals surface area contributed by atoms with E-state index in [-0.39, 0.29) is 5.91 Å². The Hall–Kier alpha value is -2.21. The van der Waals surface area contributed by atoms with E-state index in [2.05, 4.69) is 15.3 Å². The Morgan fingerprint density at radius 1 is 1.44 bits per heavy atom. The Balaban J connectivity index is 1.96. The van der Waals surface area contributed by atoms with E-state index in [1.807, 2.05) is 24.6 Å². The summed E-state index contributed by atoms with van der Waals surface area (Å²) in [5.41, 5.74) is 2.15. The van der Waals surface area contributed by atoms with Crippen molar-refractivity contribution in [1.82, 2.24) is 14.5 Å². The number of rotatable bonds is 2. The van der Waals surface area contributed by atoms with Gasteiger partial charge in [-0.05, 0) is 23.6 Å². The van der Waals surface area contributed by atoms with E-state index < -0.39 is 0 Å². The molecule has 0 saturated carbocycles. The van der Waals surface area contributed by atoms with Crippen molar-refractivity contribution in [3.63, 3.8) is 0 Å². The molecule has 0 aliphatic heterocycles. The Labute approximate surface area is 107 Å². The van der Waals surface area contributed by atoms with Gasteiger partial charge in [0, 0.05) is 18.6 Å². The molecule has 3 aromatic rings. The molecule has 18 heavy (non-hydrogen) atoms. The molecule has 3 aromatic heterocycles. The van der Waals surface area contributed by atoms with Gasteiger partial charge in [-0.1, -0.05) is 0 Å². The smallest absolute Gasteiger partial charge is 0.258 e. The van der Waals surface area contributed by atoms with Gasteiger partial charge >= 0.3 is 0 Å². The van der Waals surface area contributed by atoms with E-state index in [1.165, 1.54) is 11.3 Å². The second kappa shape index (κ2) is 4.23. The number of aromatic nitrogens is 3. The number of nitrogens with one attached hydrogen (secondary N) is 1. The van der Waals surface area contributed by atoms with Crippen molar-refractivity contribution in [1.29, 1.82) is 0 Å². The van der Waals surface area contributed by atoms with Crippen molar-refractivity contribution in [2.75, 3.05) is 5.32 Å². The van der Waals surface area contributed by atoms with E-state index >= 15 is 0 Å². The molecule has 3 rings (SSSR count). The Kier molecular flexibility index (Phi) is 2.56. The van der Waals surface area contributed by atoms with Crippen LogP contribution in [0.4, 0.5) is 5.95 Å².